The standard InChI is InChI=1S/C28H28N6O3S/c1-37-23-12-20-18(14-32-34-20)11-21(23)33-26-25-19-8-7-17(10-24(19)38-28(25)31-15-30-26)13-29-27(36)22(35)9-16-5-3-2-4-6-16/h2-6,11-12,14-15,17,22,35H,7-10,13H2,1H3,(H,29,36)(H,32,34)(H,30,31,33)/t17?,22-/m0/s1. The molecule has 9 nitrogen and oxygen atoms in total. The number of ether oxygens (including phenoxy) is 1. The van der Waals surface area contributed by atoms with Crippen LogP contribution in [0.4, 0.5) is 11.5 Å². The highest BCUT2D eigenvalue weighted by atomic mass is 32.1. The van der Waals surface area contributed by atoms with E-state index in [0.717, 1.165) is 57.5 Å². The van der Waals surface area contributed by atoms with E-state index in [1.165, 1.54) is 10.4 Å². The van der Waals surface area contributed by atoms with E-state index in [1.54, 1.807) is 31.0 Å². The number of aromatic amines is 1. The molecular formula is C28H28N6O3S. The van der Waals surface area contributed by atoms with Gasteiger partial charge in [0.25, 0.3) is 0 Å². The number of carbonyl (C=O) groups excluding carboxylic acids is 1. The maximum absolute atomic E-state index is 12.5. The van der Waals surface area contributed by atoms with E-state index < -0.39 is 6.10 Å². The Labute approximate surface area is 223 Å². The summed E-state index contributed by atoms with van der Waals surface area (Å²) in [6, 6.07) is 13.5. The van der Waals surface area contributed by atoms with Crippen LogP contribution in [-0.2, 0) is 24.1 Å². The first-order valence-corrected chi connectivity index (χ1v) is 13.4. The van der Waals surface area contributed by atoms with Crippen LogP contribution in [0.25, 0.3) is 21.1 Å². The third-order valence-corrected chi connectivity index (χ3v) is 8.26. The molecule has 4 N–H and O–H groups in total. The highest BCUT2D eigenvalue weighted by Crippen LogP contribution is 2.41. The summed E-state index contributed by atoms with van der Waals surface area (Å²) >= 11 is 1.68. The van der Waals surface area contributed by atoms with Crippen molar-refractivity contribution in [2.45, 2.75) is 31.8 Å². The van der Waals surface area contributed by atoms with Crippen molar-refractivity contribution in [3.05, 3.63) is 71.0 Å². The zero-order valence-corrected chi connectivity index (χ0v) is 21.7. The number of hydrogen-bond acceptors (Lipinski definition) is 8. The summed E-state index contributed by atoms with van der Waals surface area (Å²) in [6.45, 7) is 0.539. The Morgan fingerprint density at radius 1 is 1.26 bits per heavy atom. The van der Waals surface area contributed by atoms with Gasteiger partial charge in [-0.2, -0.15) is 5.10 Å². The average Bonchev–Trinajstić information content (AvgIpc) is 3.55. The lowest BCUT2D eigenvalue weighted by atomic mass is 9.87. The molecule has 2 atom stereocenters. The van der Waals surface area contributed by atoms with E-state index in [-0.39, 0.29) is 5.91 Å². The largest absolute Gasteiger partial charge is 0.494 e. The van der Waals surface area contributed by atoms with Crippen molar-refractivity contribution >= 4 is 49.9 Å². The Balaban J connectivity index is 1.16. The quantitative estimate of drug-likeness (QED) is 0.238. The molecule has 2 aromatic carbocycles. The molecule has 0 bridgehead atoms. The number of H-pyrrole nitrogens is 1. The van der Waals surface area contributed by atoms with Gasteiger partial charge in [-0.3, -0.25) is 9.89 Å². The van der Waals surface area contributed by atoms with Crippen LogP contribution in [0, 0.1) is 5.92 Å². The highest BCUT2D eigenvalue weighted by Gasteiger charge is 2.26. The second-order valence-corrected chi connectivity index (χ2v) is 10.7. The number of aryl methyl sites for hydroxylation is 1. The molecule has 0 fully saturated rings. The first-order chi connectivity index (χ1) is 18.6. The monoisotopic (exact) mass is 528 g/mol. The minimum Gasteiger partial charge on any atom is -0.494 e. The zero-order valence-electron chi connectivity index (χ0n) is 20.9. The summed E-state index contributed by atoms with van der Waals surface area (Å²) in [5.74, 6) is 1.43. The summed E-state index contributed by atoms with van der Waals surface area (Å²) in [7, 11) is 1.64. The van der Waals surface area contributed by atoms with Crippen molar-refractivity contribution in [1.29, 1.82) is 0 Å². The van der Waals surface area contributed by atoms with Crippen molar-refractivity contribution in [2.75, 3.05) is 19.0 Å². The Morgan fingerprint density at radius 3 is 2.97 bits per heavy atom. The van der Waals surface area contributed by atoms with Gasteiger partial charge in [-0.05, 0) is 42.4 Å². The SMILES string of the molecule is COc1cc2[nH]ncc2cc1Nc1ncnc2sc3c(c12)CCC(CNC(=O)[C@@H](O)Cc1ccccc1)C3. The molecule has 38 heavy (non-hydrogen) atoms. The molecule has 3 aromatic heterocycles. The predicted octanol–water partition coefficient (Wildman–Crippen LogP) is 4.14. The lowest BCUT2D eigenvalue weighted by molar-refractivity contribution is -0.129. The smallest absolute Gasteiger partial charge is 0.249 e. The molecule has 3 heterocycles. The van der Waals surface area contributed by atoms with Crippen LogP contribution in [-0.4, -0.2) is 50.9 Å². The van der Waals surface area contributed by atoms with E-state index in [9.17, 15) is 9.90 Å². The number of aromatic nitrogens is 4. The highest BCUT2D eigenvalue weighted by molar-refractivity contribution is 7.19. The molecule has 1 amide bonds. The number of carbonyl (C=O) groups is 1. The third kappa shape index (κ3) is 4.80. The molecule has 5 aromatic rings. The van der Waals surface area contributed by atoms with Crippen LogP contribution in [0.1, 0.15) is 22.4 Å². The number of nitrogens with zero attached hydrogens (tertiary/aromatic N) is 3. The number of aliphatic hydroxyl groups is 1. The summed E-state index contributed by atoms with van der Waals surface area (Å²) in [5, 5.41) is 25.9. The van der Waals surface area contributed by atoms with E-state index in [2.05, 4.69) is 30.8 Å². The average molecular weight is 529 g/mol. The fraction of sp³-hybridized carbons (Fsp3) is 0.286. The van der Waals surface area contributed by atoms with E-state index in [0.29, 0.717) is 24.6 Å². The number of amides is 1. The van der Waals surface area contributed by atoms with Crippen molar-refractivity contribution in [1.82, 2.24) is 25.5 Å². The van der Waals surface area contributed by atoms with Crippen molar-refractivity contribution in [3.8, 4) is 5.75 Å². The van der Waals surface area contributed by atoms with Crippen LogP contribution >= 0.6 is 11.3 Å². The Kier molecular flexibility index (Phi) is 6.65. The van der Waals surface area contributed by atoms with Gasteiger partial charge in [0.2, 0.25) is 5.91 Å². The van der Waals surface area contributed by atoms with Gasteiger partial charge in [0.05, 0.1) is 29.9 Å². The first kappa shape index (κ1) is 24.3. The van der Waals surface area contributed by atoms with Gasteiger partial charge in [-0.25, -0.2) is 9.97 Å². The number of anilines is 2. The summed E-state index contributed by atoms with van der Waals surface area (Å²) in [4.78, 5) is 23.9. The minimum atomic E-state index is -1.05. The normalized spacial score (nSPS) is 15.8. The van der Waals surface area contributed by atoms with Crippen LogP contribution in [0.15, 0.2) is 55.0 Å². The molecule has 0 spiro atoms. The number of thiophene rings is 1. The van der Waals surface area contributed by atoms with Gasteiger partial charge in [0.15, 0.2) is 0 Å². The predicted molar refractivity (Wildman–Crippen MR) is 148 cm³/mol. The van der Waals surface area contributed by atoms with E-state index in [4.69, 9.17) is 4.74 Å². The Morgan fingerprint density at radius 2 is 2.13 bits per heavy atom. The van der Waals surface area contributed by atoms with Gasteiger partial charge in [0.1, 0.15) is 28.8 Å². The number of fused-ring (bicyclic) bond motifs is 4. The Hall–Kier alpha value is -4.02. The second-order valence-electron chi connectivity index (χ2n) is 9.60. The van der Waals surface area contributed by atoms with Crippen LogP contribution in [0.2, 0.25) is 0 Å². The van der Waals surface area contributed by atoms with Gasteiger partial charge in [0, 0.05) is 29.3 Å². The van der Waals surface area contributed by atoms with Crippen molar-refractivity contribution < 1.29 is 14.6 Å². The van der Waals surface area contributed by atoms with Crippen LogP contribution < -0.4 is 15.4 Å². The molecule has 1 aliphatic carbocycles. The summed E-state index contributed by atoms with van der Waals surface area (Å²) < 4.78 is 5.61. The molecular weight excluding hydrogens is 500 g/mol. The molecule has 0 aliphatic heterocycles. The maximum Gasteiger partial charge on any atom is 0.249 e. The summed E-state index contributed by atoms with van der Waals surface area (Å²) in [6.07, 6.45) is 5.29. The van der Waals surface area contributed by atoms with E-state index in [1.807, 2.05) is 42.5 Å². The van der Waals surface area contributed by atoms with E-state index >= 15 is 0 Å². The molecule has 0 saturated heterocycles. The number of hydrogen-bond donors (Lipinski definition) is 4. The topological polar surface area (TPSA) is 125 Å². The first-order valence-electron chi connectivity index (χ1n) is 12.6. The Bertz CT molecular complexity index is 1600. The molecule has 0 radical (unpaired) electrons. The fourth-order valence-corrected chi connectivity index (χ4v) is 6.41. The summed E-state index contributed by atoms with van der Waals surface area (Å²) in [5.41, 5.74) is 3.92. The van der Waals surface area contributed by atoms with Crippen molar-refractivity contribution in [3.63, 3.8) is 0 Å². The van der Waals surface area contributed by atoms with Crippen LogP contribution in [0.5, 0.6) is 5.75 Å². The number of aliphatic hydroxyl groups excluding tert-OH is 1. The zero-order chi connectivity index (χ0) is 26.1. The van der Waals surface area contributed by atoms with Gasteiger partial charge in [-0.15, -0.1) is 11.3 Å². The molecule has 1 aliphatic rings. The lowest BCUT2D eigenvalue weighted by Crippen LogP contribution is -2.39. The van der Waals surface area contributed by atoms with Crippen molar-refractivity contribution in [2.24, 2.45) is 5.92 Å². The number of rotatable bonds is 8. The maximum atomic E-state index is 12.5. The lowest BCUT2D eigenvalue weighted by Gasteiger charge is -2.23. The van der Waals surface area contributed by atoms with Gasteiger partial charge < -0.3 is 20.5 Å². The molecule has 194 valence electrons. The molecule has 6 rings (SSSR count). The fourth-order valence-electron chi connectivity index (χ4n) is 5.11. The molecule has 10 heteroatoms. The van der Waals surface area contributed by atoms with Gasteiger partial charge in [-0.1, -0.05) is 30.3 Å². The minimum absolute atomic E-state index is 0.302. The number of methoxy groups -OCH3 is 1. The molecule has 0 saturated carbocycles. The van der Waals surface area contributed by atoms with Crippen LogP contribution in [0.3, 0.4) is 0 Å². The number of nitrogens with one attached hydrogen (secondary N) is 3. The second kappa shape index (κ2) is 10.4. The number of benzene rings is 2. The third-order valence-electron chi connectivity index (χ3n) is 7.10. The molecule has 1 unspecified atom stereocenters. The van der Waals surface area contributed by atoms with Gasteiger partial charge >= 0.3 is 0 Å².